The molecule has 6 nitrogen and oxygen atoms in total. The summed E-state index contributed by atoms with van der Waals surface area (Å²) in [5.41, 5.74) is 0.0862. The zero-order chi connectivity index (χ0) is 13.6. The van der Waals surface area contributed by atoms with Crippen molar-refractivity contribution >= 4 is 17.4 Å². The van der Waals surface area contributed by atoms with Crippen LogP contribution in [0.15, 0.2) is 0 Å². The highest BCUT2D eigenvalue weighted by atomic mass is 35.7. The first-order chi connectivity index (χ1) is 6.93. The van der Waals surface area contributed by atoms with Gasteiger partial charge in [0.25, 0.3) is 5.84 Å². The molecule has 0 saturated carbocycles. The molecule has 0 radical (unpaired) electrons. The zero-order valence-corrected chi connectivity index (χ0v) is 11.5. The molecule has 0 rings (SSSR count). The molecular formula is C8H18Cl2N2O4. The third-order valence-electron chi connectivity index (χ3n) is 1.55. The smallest absolute Gasteiger partial charge is 0.260 e. The van der Waals surface area contributed by atoms with Crippen molar-refractivity contribution in [3.05, 3.63) is 0 Å². The fourth-order valence-corrected chi connectivity index (χ4v) is 1.03. The Labute approximate surface area is 103 Å². The normalized spacial score (nSPS) is 15.0. The van der Waals surface area contributed by atoms with Crippen molar-refractivity contribution in [1.29, 1.82) is 0 Å². The molecule has 98 valence electrons. The number of halogens is 2. The number of amidine groups is 1. The minimum atomic E-state index is -4.94. The second-order valence-electron chi connectivity index (χ2n) is 4.02. The number of rotatable bonds is 1. The summed E-state index contributed by atoms with van der Waals surface area (Å²) in [5.74, 6) is 0.971. The van der Waals surface area contributed by atoms with Crippen LogP contribution in [0.3, 0.4) is 0 Å². The van der Waals surface area contributed by atoms with Crippen molar-refractivity contribution in [3.8, 4) is 0 Å². The van der Waals surface area contributed by atoms with E-state index in [4.69, 9.17) is 30.2 Å². The lowest BCUT2D eigenvalue weighted by Gasteiger charge is -2.22. The molecule has 0 aliphatic carbocycles. The summed E-state index contributed by atoms with van der Waals surface area (Å²) < 4.78 is 34.0. The molecule has 0 aliphatic heterocycles. The van der Waals surface area contributed by atoms with Crippen LogP contribution in [0.25, 0.3) is 0 Å². The molecule has 0 aliphatic rings. The Hall–Kier alpha value is -0.110. The van der Waals surface area contributed by atoms with E-state index in [0.717, 1.165) is 5.84 Å². The molecule has 2 N–H and O–H groups in total. The first-order valence-electron chi connectivity index (χ1n) is 4.41. The fourth-order valence-electron chi connectivity index (χ4n) is 0.811. The molecule has 0 saturated heterocycles. The monoisotopic (exact) mass is 276 g/mol. The van der Waals surface area contributed by atoms with Gasteiger partial charge in [0, 0.05) is 0 Å². The molecule has 8 heteroatoms. The SMILES string of the molecule is CNC(=[NH+]C)C(Cl)C(C)(C)C.[O-][Cl+3]([O-])([O-])[O-]. The first-order valence-corrected chi connectivity index (χ1v) is 6.08. The van der Waals surface area contributed by atoms with Crippen molar-refractivity contribution in [2.75, 3.05) is 14.1 Å². The van der Waals surface area contributed by atoms with E-state index in [0.29, 0.717) is 0 Å². The Morgan fingerprint density at radius 1 is 1.25 bits per heavy atom. The number of nitrogens with one attached hydrogen (secondary N) is 2. The van der Waals surface area contributed by atoms with Gasteiger partial charge in [0.05, 0.1) is 14.1 Å². The summed E-state index contributed by atoms with van der Waals surface area (Å²) in [6.07, 6.45) is 0. The third kappa shape index (κ3) is 12.0. The number of hydrogen-bond acceptors (Lipinski definition) is 4. The topological polar surface area (TPSA) is 118 Å². The predicted molar refractivity (Wildman–Crippen MR) is 50.0 cm³/mol. The van der Waals surface area contributed by atoms with E-state index in [9.17, 15) is 0 Å². The van der Waals surface area contributed by atoms with Gasteiger partial charge in [-0.15, -0.1) is 21.8 Å². The van der Waals surface area contributed by atoms with Crippen LogP contribution in [0.1, 0.15) is 20.8 Å². The van der Waals surface area contributed by atoms with Crippen LogP contribution < -0.4 is 28.9 Å². The van der Waals surface area contributed by atoms with Crippen molar-refractivity contribution in [2.45, 2.75) is 26.1 Å². The molecule has 1 unspecified atom stereocenters. The van der Waals surface area contributed by atoms with Gasteiger partial charge in [-0.25, -0.2) is 18.6 Å². The van der Waals surface area contributed by atoms with Gasteiger partial charge in [0.2, 0.25) is 0 Å². The summed E-state index contributed by atoms with van der Waals surface area (Å²) >= 11 is 6.16. The molecule has 0 fully saturated rings. The van der Waals surface area contributed by atoms with Crippen molar-refractivity contribution < 1.29 is 33.9 Å². The Bertz CT molecular complexity index is 217. The highest BCUT2D eigenvalue weighted by molar-refractivity contribution is 6.31. The lowest BCUT2D eigenvalue weighted by Crippen LogP contribution is -2.74. The fraction of sp³-hybridized carbons (Fsp3) is 0.875. The van der Waals surface area contributed by atoms with Gasteiger partial charge >= 0.3 is 0 Å². The quantitative estimate of drug-likeness (QED) is 0.283. The van der Waals surface area contributed by atoms with E-state index in [2.05, 4.69) is 31.1 Å². The van der Waals surface area contributed by atoms with Gasteiger partial charge in [0.15, 0.2) is 0 Å². The summed E-state index contributed by atoms with van der Waals surface area (Å²) in [6.45, 7) is 6.33. The predicted octanol–water partition coefficient (Wildman–Crippen LogP) is -4.79. The lowest BCUT2D eigenvalue weighted by atomic mass is 9.91. The van der Waals surface area contributed by atoms with Crippen LogP contribution in [0.5, 0.6) is 0 Å². The van der Waals surface area contributed by atoms with Gasteiger partial charge < -0.3 is 0 Å². The van der Waals surface area contributed by atoms with E-state index in [1.165, 1.54) is 0 Å². The van der Waals surface area contributed by atoms with Crippen molar-refractivity contribution in [1.82, 2.24) is 5.32 Å². The molecule has 0 spiro atoms. The average molecular weight is 277 g/mol. The Balaban J connectivity index is 0. The molecule has 0 aromatic carbocycles. The van der Waals surface area contributed by atoms with Gasteiger partial charge in [-0.05, 0) is 5.41 Å². The van der Waals surface area contributed by atoms with Crippen molar-refractivity contribution in [2.24, 2.45) is 5.41 Å². The van der Waals surface area contributed by atoms with Crippen LogP contribution in [-0.2, 0) is 0 Å². The van der Waals surface area contributed by atoms with E-state index in [1.807, 2.05) is 14.1 Å². The Kier molecular flexibility index (Phi) is 8.29. The summed E-state index contributed by atoms with van der Waals surface area (Å²) in [4.78, 5) is 3.03. The molecular weight excluding hydrogens is 259 g/mol. The summed E-state index contributed by atoms with van der Waals surface area (Å²) in [5, 5.41) is 3.04. The Morgan fingerprint density at radius 2 is 1.56 bits per heavy atom. The second kappa shape index (κ2) is 7.26. The average Bonchev–Trinajstić information content (AvgIpc) is 2.01. The van der Waals surface area contributed by atoms with Crippen LogP contribution >= 0.6 is 11.6 Å². The Morgan fingerprint density at radius 3 is 1.62 bits per heavy atom. The van der Waals surface area contributed by atoms with Crippen LogP contribution in [0.2, 0.25) is 0 Å². The molecule has 0 bridgehead atoms. The highest BCUT2D eigenvalue weighted by Crippen LogP contribution is 2.23. The molecule has 0 aromatic rings. The zero-order valence-electron chi connectivity index (χ0n) is 9.97. The largest absolute Gasteiger partial charge is 0.280 e. The maximum atomic E-state index is 8.49. The molecule has 1 atom stereocenters. The van der Waals surface area contributed by atoms with Crippen molar-refractivity contribution in [3.63, 3.8) is 0 Å². The summed E-state index contributed by atoms with van der Waals surface area (Å²) in [6, 6.07) is 0. The van der Waals surface area contributed by atoms with Gasteiger partial charge in [-0.3, -0.25) is 10.3 Å². The molecule has 0 heterocycles. The maximum absolute atomic E-state index is 8.49. The van der Waals surface area contributed by atoms with Crippen LogP contribution in [0, 0.1) is 15.7 Å². The van der Waals surface area contributed by atoms with Crippen LogP contribution in [-0.4, -0.2) is 25.3 Å². The van der Waals surface area contributed by atoms with E-state index in [-0.39, 0.29) is 10.8 Å². The second-order valence-corrected chi connectivity index (χ2v) is 5.21. The first kappa shape index (κ1) is 18.3. The van der Waals surface area contributed by atoms with Crippen LogP contribution in [0.4, 0.5) is 0 Å². The minimum Gasteiger partial charge on any atom is -0.280 e. The van der Waals surface area contributed by atoms with Gasteiger partial charge in [0.1, 0.15) is 5.38 Å². The lowest BCUT2D eigenvalue weighted by molar-refractivity contribution is -2.00. The third-order valence-corrected chi connectivity index (χ3v) is 2.43. The molecule has 0 aromatic heterocycles. The molecule has 0 amide bonds. The van der Waals surface area contributed by atoms with E-state index < -0.39 is 10.2 Å². The van der Waals surface area contributed by atoms with Gasteiger partial charge in [-0.2, -0.15) is 0 Å². The standard InChI is InChI=1S/C8H17ClN2.ClHO4/c1-8(2,3)6(9)7(10-4)11-5;2-1(3,4)5/h6H,1-5H3,(H,10,11);(H,2,3,4,5). The summed E-state index contributed by atoms with van der Waals surface area (Å²) in [7, 11) is -1.21. The van der Waals surface area contributed by atoms with Gasteiger partial charge in [-0.1, -0.05) is 20.8 Å². The minimum absolute atomic E-state index is 0.0116. The highest BCUT2D eigenvalue weighted by Gasteiger charge is 2.29. The number of hydrogen-bond donors (Lipinski definition) is 2. The van der Waals surface area contributed by atoms with E-state index in [1.54, 1.807) is 0 Å². The maximum Gasteiger partial charge on any atom is 0.260 e. The van der Waals surface area contributed by atoms with E-state index >= 15 is 0 Å². The molecule has 16 heavy (non-hydrogen) atoms. The number of alkyl halides is 1.